The third-order valence-electron chi connectivity index (χ3n) is 3.22. The second kappa shape index (κ2) is 6.30. The molecule has 1 N–H and O–H groups in total. The van der Waals surface area contributed by atoms with Crippen LogP contribution in [0.1, 0.15) is 44.0 Å². The summed E-state index contributed by atoms with van der Waals surface area (Å²) in [6.07, 6.45) is 0.196. The Bertz CT molecular complexity index is 429. The summed E-state index contributed by atoms with van der Waals surface area (Å²) in [5.41, 5.74) is 0. The summed E-state index contributed by atoms with van der Waals surface area (Å²) in [5, 5.41) is 3.81. The zero-order chi connectivity index (χ0) is 14.8. The molecular formula is C13H20F3N3S. The maximum atomic E-state index is 12.6. The number of hydrogen-bond acceptors (Lipinski definition) is 4. The topological polar surface area (TPSA) is 28.2 Å². The van der Waals surface area contributed by atoms with Crippen molar-refractivity contribution in [1.82, 2.24) is 10.3 Å². The highest BCUT2D eigenvalue weighted by Gasteiger charge is 2.39. The van der Waals surface area contributed by atoms with E-state index in [1.54, 1.807) is 6.20 Å². The van der Waals surface area contributed by atoms with Crippen molar-refractivity contribution in [1.29, 1.82) is 0 Å². The Labute approximate surface area is 121 Å². The molecule has 0 amide bonds. The highest BCUT2D eigenvalue weighted by atomic mass is 32.1. The van der Waals surface area contributed by atoms with Gasteiger partial charge in [-0.1, -0.05) is 6.92 Å². The predicted molar refractivity (Wildman–Crippen MR) is 75.2 cm³/mol. The molecule has 0 saturated heterocycles. The average Bonchev–Trinajstić information content (AvgIpc) is 3.09. The molecule has 1 aromatic heterocycles. The van der Waals surface area contributed by atoms with Crippen LogP contribution in [0.25, 0.3) is 0 Å². The first-order valence-corrected chi connectivity index (χ1v) is 7.75. The summed E-state index contributed by atoms with van der Waals surface area (Å²) >= 11 is 1.36. The Morgan fingerprint density at radius 1 is 1.50 bits per heavy atom. The Kier molecular flexibility index (Phi) is 4.90. The van der Waals surface area contributed by atoms with Crippen molar-refractivity contribution in [3.63, 3.8) is 0 Å². The Hall–Kier alpha value is -0.820. The maximum absolute atomic E-state index is 12.6. The van der Waals surface area contributed by atoms with Gasteiger partial charge >= 0.3 is 6.18 Å². The number of hydrogen-bond donors (Lipinski definition) is 1. The second-order valence-corrected chi connectivity index (χ2v) is 6.24. The van der Waals surface area contributed by atoms with Crippen LogP contribution in [0.4, 0.5) is 18.3 Å². The lowest BCUT2D eigenvalue weighted by molar-refractivity contribution is -0.120. The molecule has 114 valence electrons. The fourth-order valence-electron chi connectivity index (χ4n) is 2.00. The molecule has 0 radical (unpaired) electrons. The molecule has 7 heteroatoms. The molecule has 3 nitrogen and oxygen atoms in total. The van der Waals surface area contributed by atoms with Crippen molar-refractivity contribution in [3.8, 4) is 0 Å². The van der Waals surface area contributed by atoms with Crippen molar-refractivity contribution >= 4 is 16.5 Å². The van der Waals surface area contributed by atoms with Crippen LogP contribution in [0.5, 0.6) is 0 Å². The highest BCUT2D eigenvalue weighted by molar-refractivity contribution is 7.15. The number of alkyl halides is 3. The van der Waals surface area contributed by atoms with Gasteiger partial charge in [0.1, 0.15) is 6.54 Å². The molecule has 2 rings (SSSR count). The smallest absolute Gasteiger partial charge is 0.336 e. The van der Waals surface area contributed by atoms with Crippen LogP contribution in [0.2, 0.25) is 0 Å². The molecule has 0 aromatic carbocycles. The van der Waals surface area contributed by atoms with Crippen LogP contribution >= 0.6 is 11.3 Å². The van der Waals surface area contributed by atoms with Crippen LogP contribution in [0.3, 0.4) is 0 Å². The van der Waals surface area contributed by atoms with Gasteiger partial charge in [-0.15, -0.1) is 11.3 Å². The zero-order valence-corrected chi connectivity index (χ0v) is 12.5. The SMILES string of the molecule is CCCNC(C)c1cnc(N(CC(F)(F)F)C2CC2)s1. The Morgan fingerprint density at radius 2 is 2.20 bits per heavy atom. The van der Waals surface area contributed by atoms with Crippen molar-refractivity contribution in [2.45, 2.75) is 51.4 Å². The van der Waals surface area contributed by atoms with Crippen LogP contribution in [-0.2, 0) is 0 Å². The summed E-state index contributed by atoms with van der Waals surface area (Å²) in [6, 6.07) is 0.141. The van der Waals surface area contributed by atoms with Gasteiger partial charge in [0.2, 0.25) is 0 Å². The van der Waals surface area contributed by atoms with E-state index in [-0.39, 0.29) is 12.1 Å². The van der Waals surface area contributed by atoms with Crippen molar-refractivity contribution in [3.05, 3.63) is 11.1 Å². The van der Waals surface area contributed by atoms with E-state index >= 15 is 0 Å². The van der Waals surface area contributed by atoms with Gasteiger partial charge in [0.05, 0.1) is 0 Å². The summed E-state index contributed by atoms with van der Waals surface area (Å²) in [4.78, 5) is 6.59. The van der Waals surface area contributed by atoms with Crippen molar-refractivity contribution < 1.29 is 13.2 Å². The fourth-order valence-corrected chi connectivity index (χ4v) is 3.02. The van der Waals surface area contributed by atoms with E-state index in [1.165, 1.54) is 16.2 Å². The number of aromatic nitrogens is 1. The number of halogens is 3. The van der Waals surface area contributed by atoms with Gasteiger partial charge in [-0.2, -0.15) is 13.2 Å². The van der Waals surface area contributed by atoms with Gasteiger partial charge < -0.3 is 10.2 Å². The van der Waals surface area contributed by atoms with Crippen LogP contribution in [-0.4, -0.2) is 30.3 Å². The molecule has 1 aliphatic carbocycles. The summed E-state index contributed by atoms with van der Waals surface area (Å²) in [5.74, 6) is 0. The minimum absolute atomic E-state index is 0.00883. The molecule has 1 fully saturated rings. The van der Waals surface area contributed by atoms with E-state index in [0.717, 1.165) is 30.7 Å². The Balaban J connectivity index is 2.05. The highest BCUT2D eigenvalue weighted by Crippen LogP contribution is 2.37. The molecule has 1 heterocycles. The molecule has 1 saturated carbocycles. The lowest BCUT2D eigenvalue weighted by Crippen LogP contribution is -2.35. The number of rotatable bonds is 7. The van der Waals surface area contributed by atoms with E-state index in [2.05, 4.69) is 17.2 Å². The lowest BCUT2D eigenvalue weighted by Gasteiger charge is -2.22. The third-order valence-corrected chi connectivity index (χ3v) is 4.44. The van der Waals surface area contributed by atoms with Crippen molar-refractivity contribution in [2.75, 3.05) is 18.0 Å². The number of anilines is 1. The van der Waals surface area contributed by atoms with E-state index in [0.29, 0.717) is 5.13 Å². The quantitative estimate of drug-likeness (QED) is 0.832. The van der Waals surface area contributed by atoms with Gasteiger partial charge in [0.15, 0.2) is 5.13 Å². The van der Waals surface area contributed by atoms with Gasteiger partial charge in [0.25, 0.3) is 0 Å². The fraction of sp³-hybridized carbons (Fsp3) is 0.769. The number of nitrogens with zero attached hydrogens (tertiary/aromatic N) is 2. The standard InChI is InChI=1S/C13H20F3N3S/c1-3-6-17-9(2)11-7-18-12(20-11)19(10-4-5-10)8-13(14,15)16/h7,9-10,17H,3-6,8H2,1-2H3. The first-order chi connectivity index (χ1) is 9.40. The second-order valence-electron chi connectivity index (χ2n) is 5.20. The van der Waals surface area contributed by atoms with Crippen LogP contribution in [0, 0.1) is 0 Å². The van der Waals surface area contributed by atoms with Gasteiger partial charge in [0, 0.05) is 23.2 Å². The largest absolute Gasteiger partial charge is 0.406 e. The lowest BCUT2D eigenvalue weighted by atomic mass is 10.3. The first-order valence-electron chi connectivity index (χ1n) is 6.93. The molecule has 20 heavy (non-hydrogen) atoms. The molecule has 0 bridgehead atoms. The molecule has 1 aromatic rings. The molecular weight excluding hydrogens is 287 g/mol. The maximum Gasteiger partial charge on any atom is 0.406 e. The molecule has 1 unspecified atom stereocenters. The predicted octanol–water partition coefficient (Wildman–Crippen LogP) is 3.73. The van der Waals surface area contributed by atoms with E-state index in [1.807, 2.05) is 6.92 Å². The Morgan fingerprint density at radius 3 is 2.75 bits per heavy atom. The first kappa shape index (κ1) is 15.6. The van der Waals surface area contributed by atoms with Crippen LogP contribution in [0.15, 0.2) is 6.20 Å². The third kappa shape index (κ3) is 4.34. The summed E-state index contributed by atoms with van der Waals surface area (Å²) in [6.45, 7) is 4.08. The minimum atomic E-state index is -4.18. The van der Waals surface area contributed by atoms with E-state index in [4.69, 9.17) is 0 Å². The number of thiazole rings is 1. The molecule has 0 aliphatic heterocycles. The van der Waals surface area contributed by atoms with Crippen LogP contribution < -0.4 is 10.2 Å². The number of nitrogens with one attached hydrogen (secondary N) is 1. The van der Waals surface area contributed by atoms with Gasteiger partial charge in [-0.05, 0) is 32.7 Å². The summed E-state index contributed by atoms with van der Waals surface area (Å²) < 4.78 is 37.9. The zero-order valence-electron chi connectivity index (χ0n) is 11.7. The monoisotopic (exact) mass is 307 g/mol. The molecule has 1 aliphatic rings. The van der Waals surface area contributed by atoms with E-state index in [9.17, 15) is 13.2 Å². The van der Waals surface area contributed by atoms with Gasteiger partial charge in [-0.25, -0.2) is 4.98 Å². The summed E-state index contributed by atoms with van der Waals surface area (Å²) in [7, 11) is 0. The van der Waals surface area contributed by atoms with E-state index < -0.39 is 12.7 Å². The molecule has 0 spiro atoms. The normalized spacial score (nSPS) is 17.2. The van der Waals surface area contributed by atoms with Crippen molar-refractivity contribution in [2.24, 2.45) is 0 Å². The van der Waals surface area contributed by atoms with Gasteiger partial charge in [-0.3, -0.25) is 0 Å². The average molecular weight is 307 g/mol. The molecule has 1 atom stereocenters. The minimum Gasteiger partial charge on any atom is -0.336 e.